The number of aromatic nitrogens is 2. The quantitative estimate of drug-likeness (QED) is 0.574. The van der Waals surface area contributed by atoms with Crippen LogP contribution in [0.3, 0.4) is 0 Å². The fourth-order valence-corrected chi connectivity index (χ4v) is 7.19. The maximum atomic E-state index is 13.8. The monoisotopic (exact) mass is 494 g/mol. The van der Waals surface area contributed by atoms with E-state index < -0.39 is 16.9 Å². The highest BCUT2D eigenvalue weighted by Gasteiger charge is 2.65. The van der Waals surface area contributed by atoms with E-state index in [4.69, 9.17) is 0 Å². The number of nitrogens with zero attached hydrogens (tertiary/aromatic N) is 3. The summed E-state index contributed by atoms with van der Waals surface area (Å²) in [5.41, 5.74) is -0.201. The summed E-state index contributed by atoms with van der Waals surface area (Å²) in [5, 5.41) is 12.9. The first-order chi connectivity index (χ1) is 16.7. The third-order valence-corrected chi connectivity index (χ3v) is 9.97. The molecule has 2 saturated carbocycles. The van der Waals surface area contributed by atoms with Gasteiger partial charge in [-0.25, -0.2) is 0 Å². The van der Waals surface area contributed by atoms with Crippen LogP contribution in [0.2, 0.25) is 0 Å². The van der Waals surface area contributed by atoms with Crippen molar-refractivity contribution in [1.82, 2.24) is 15.1 Å². The number of anilines is 1. The SMILES string of the molecule is CC12CCC(C(=O)N(C(Cc3ccccc3)C(=O)Nc3nnc(C4CCCCC4)s3)C1=O)C2(C)C. The van der Waals surface area contributed by atoms with Crippen LogP contribution in [0, 0.1) is 16.7 Å². The van der Waals surface area contributed by atoms with Crippen LogP contribution in [-0.4, -0.2) is 38.9 Å². The molecule has 2 aliphatic carbocycles. The minimum absolute atomic E-state index is 0.230. The number of piperidine rings is 1. The van der Waals surface area contributed by atoms with Gasteiger partial charge in [-0.15, -0.1) is 10.2 Å². The van der Waals surface area contributed by atoms with Crippen LogP contribution in [0.1, 0.15) is 82.2 Å². The predicted octanol–water partition coefficient (Wildman–Crippen LogP) is 4.95. The molecule has 3 amide bonds. The number of nitrogens with one attached hydrogen (secondary N) is 1. The molecule has 1 saturated heterocycles. The van der Waals surface area contributed by atoms with E-state index in [2.05, 4.69) is 15.5 Å². The number of rotatable bonds is 6. The van der Waals surface area contributed by atoms with Gasteiger partial charge in [-0.05, 0) is 36.7 Å². The Labute approximate surface area is 210 Å². The lowest BCUT2D eigenvalue weighted by Crippen LogP contribution is -2.64. The highest BCUT2D eigenvalue weighted by molar-refractivity contribution is 7.15. The van der Waals surface area contributed by atoms with E-state index in [1.54, 1.807) is 0 Å². The zero-order valence-corrected chi connectivity index (χ0v) is 21.6. The van der Waals surface area contributed by atoms with Gasteiger partial charge in [-0.2, -0.15) is 0 Å². The van der Waals surface area contributed by atoms with Crippen LogP contribution in [-0.2, 0) is 20.8 Å². The second-order valence-corrected chi connectivity index (χ2v) is 12.1. The molecule has 186 valence electrons. The molecule has 0 spiro atoms. The van der Waals surface area contributed by atoms with Gasteiger partial charge < -0.3 is 0 Å². The number of amides is 3. The van der Waals surface area contributed by atoms with Gasteiger partial charge in [0.05, 0.1) is 5.41 Å². The lowest BCUT2D eigenvalue weighted by atomic mass is 9.62. The average Bonchev–Trinajstić information content (AvgIpc) is 3.38. The van der Waals surface area contributed by atoms with Crippen molar-refractivity contribution in [3.8, 4) is 0 Å². The van der Waals surface area contributed by atoms with Crippen LogP contribution >= 0.6 is 11.3 Å². The fourth-order valence-electron chi connectivity index (χ4n) is 6.27. The second-order valence-electron chi connectivity index (χ2n) is 11.1. The molecule has 2 aromatic rings. The van der Waals surface area contributed by atoms with Gasteiger partial charge in [0, 0.05) is 18.3 Å². The number of likely N-dealkylation sites (tertiary alicyclic amines) is 1. The third kappa shape index (κ3) is 4.09. The van der Waals surface area contributed by atoms with Crippen molar-refractivity contribution in [2.45, 2.75) is 84.1 Å². The molecular weight excluding hydrogens is 460 g/mol. The molecule has 1 aromatic carbocycles. The van der Waals surface area contributed by atoms with Gasteiger partial charge in [0.1, 0.15) is 11.0 Å². The number of carbonyl (C=O) groups excluding carboxylic acids is 3. The minimum Gasteiger partial charge on any atom is -0.299 e. The zero-order valence-electron chi connectivity index (χ0n) is 20.8. The summed E-state index contributed by atoms with van der Waals surface area (Å²) in [7, 11) is 0. The first-order valence-corrected chi connectivity index (χ1v) is 13.6. The normalized spacial score (nSPS) is 27.2. The maximum absolute atomic E-state index is 13.8. The summed E-state index contributed by atoms with van der Waals surface area (Å²) in [5.74, 6) is -0.723. The van der Waals surface area contributed by atoms with Crippen molar-refractivity contribution in [2.75, 3.05) is 5.32 Å². The van der Waals surface area contributed by atoms with Crippen molar-refractivity contribution < 1.29 is 14.4 Å². The molecule has 3 unspecified atom stereocenters. The zero-order chi connectivity index (χ0) is 24.8. The number of benzene rings is 1. The van der Waals surface area contributed by atoms with Crippen molar-refractivity contribution in [2.24, 2.45) is 16.7 Å². The number of hydrogen-bond donors (Lipinski definition) is 1. The first kappa shape index (κ1) is 24.1. The molecule has 35 heavy (non-hydrogen) atoms. The van der Waals surface area contributed by atoms with Crippen LogP contribution in [0.15, 0.2) is 30.3 Å². The molecule has 1 aliphatic heterocycles. The number of fused-ring (bicyclic) bond motifs is 2. The molecule has 0 radical (unpaired) electrons. The highest BCUT2D eigenvalue weighted by atomic mass is 32.1. The van der Waals surface area contributed by atoms with E-state index in [1.165, 1.54) is 35.5 Å². The Morgan fingerprint density at radius 3 is 2.51 bits per heavy atom. The van der Waals surface area contributed by atoms with Crippen molar-refractivity contribution in [3.63, 3.8) is 0 Å². The van der Waals surface area contributed by atoms with E-state index in [1.807, 2.05) is 51.1 Å². The van der Waals surface area contributed by atoms with Gasteiger partial charge in [-0.1, -0.05) is 81.7 Å². The summed E-state index contributed by atoms with van der Waals surface area (Å²) in [4.78, 5) is 42.4. The molecule has 3 aliphatic rings. The van der Waals surface area contributed by atoms with Crippen LogP contribution in [0.25, 0.3) is 0 Å². The average molecular weight is 495 g/mol. The predicted molar refractivity (Wildman–Crippen MR) is 135 cm³/mol. The standard InChI is InChI=1S/C27H34N4O3S/c1-26(2)19-14-15-27(26,3)24(34)31(23(19)33)20(16-17-10-6-4-7-11-17)21(32)28-25-30-29-22(35-25)18-12-8-5-9-13-18/h4,6-7,10-11,18-20H,5,8-9,12-16H2,1-3H3,(H,28,30,32). The Hall–Kier alpha value is -2.61. The second kappa shape index (κ2) is 9.12. The van der Waals surface area contributed by atoms with Crippen molar-refractivity contribution in [3.05, 3.63) is 40.9 Å². The first-order valence-electron chi connectivity index (χ1n) is 12.8. The van der Waals surface area contributed by atoms with E-state index >= 15 is 0 Å². The Balaban J connectivity index is 1.43. The van der Waals surface area contributed by atoms with Gasteiger partial charge >= 0.3 is 0 Å². The summed E-state index contributed by atoms with van der Waals surface area (Å²) in [6.45, 7) is 5.98. The molecular formula is C27H34N4O3S. The number of imide groups is 1. The van der Waals surface area contributed by atoms with E-state index in [-0.39, 0.29) is 30.1 Å². The van der Waals surface area contributed by atoms with Crippen LogP contribution < -0.4 is 5.32 Å². The Morgan fingerprint density at radius 2 is 1.80 bits per heavy atom. The van der Waals surface area contributed by atoms with Gasteiger partial charge in [-0.3, -0.25) is 24.6 Å². The largest absolute Gasteiger partial charge is 0.299 e. The summed E-state index contributed by atoms with van der Waals surface area (Å²) in [6.07, 6.45) is 7.45. The Bertz CT molecular complexity index is 1120. The molecule has 5 rings (SSSR count). The fraction of sp³-hybridized carbons (Fsp3) is 0.593. The third-order valence-electron chi connectivity index (χ3n) is 8.96. The van der Waals surface area contributed by atoms with Crippen LogP contribution in [0.5, 0.6) is 0 Å². The molecule has 1 N–H and O–H groups in total. The molecule has 2 heterocycles. The number of carbonyl (C=O) groups is 3. The minimum atomic E-state index is -0.935. The van der Waals surface area contributed by atoms with Crippen molar-refractivity contribution in [1.29, 1.82) is 0 Å². The molecule has 8 heteroatoms. The Kier molecular flexibility index (Phi) is 6.28. The summed E-state index contributed by atoms with van der Waals surface area (Å²) in [6, 6.07) is 8.62. The lowest BCUT2D eigenvalue weighted by molar-refractivity contribution is -0.172. The summed E-state index contributed by atoms with van der Waals surface area (Å²) < 4.78 is 0. The Morgan fingerprint density at radius 1 is 1.09 bits per heavy atom. The smallest absolute Gasteiger partial charge is 0.249 e. The van der Waals surface area contributed by atoms with Crippen LogP contribution in [0.4, 0.5) is 5.13 Å². The van der Waals surface area contributed by atoms with Gasteiger partial charge in [0.2, 0.25) is 22.9 Å². The summed E-state index contributed by atoms with van der Waals surface area (Å²) >= 11 is 1.41. The van der Waals surface area contributed by atoms with Gasteiger partial charge in [0.15, 0.2) is 0 Å². The van der Waals surface area contributed by atoms with Gasteiger partial charge in [0.25, 0.3) is 0 Å². The number of hydrogen-bond acceptors (Lipinski definition) is 6. The molecule has 7 nitrogen and oxygen atoms in total. The topological polar surface area (TPSA) is 92.3 Å². The molecule has 2 bridgehead atoms. The molecule has 1 aromatic heterocycles. The highest BCUT2D eigenvalue weighted by Crippen LogP contribution is 2.60. The maximum Gasteiger partial charge on any atom is 0.249 e. The van der Waals surface area contributed by atoms with E-state index in [0.717, 1.165) is 23.4 Å². The molecule has 3 fully saturated rings. The molecule has 3 atom stereocenters. The van der Waals surface area contributed by atoms with E-state index in [0.29, 0.717) is 23.9 Å². The van der Waals surface area contributed by atoms with Crippen molar-refractivity contribution >= 4 is 34.2 Å². The van der Waals surface area contributed by atoms with E-state index in [9.17, 15) is 14.4 Å². The lowest BCUT2D eigenvalue weighted by Gasteiger charge is -2.49.